The molecule has 224 valence electrons. The van der Waals surface area contributed by atoms with Crippen LogP contribution in [0, 0.1) is 0 Å². The largest absolute Gasteiger partial charge is 0.369 e. The molecule has 0 aromatic heterocycles. The number of hydrogen-bond acceptors (Lipinski definition) is 10. The second-order valence-electron chi connectivity index (χ2n) is 9.40. The van der Waals surface area contributed by atoms with Gasteiger partial charge in [0.05, 0.1) is 52.9 Å². The molecule has 3 fully saturated rings. The van der Waals surface area contributed by atoms with Gasteiger partial charge >= 0.3 is 0 Å². The Kier molecular flexibility index (Phi) is 13.4. The van der Waals surface area contributed by atoms with Crippen LogP contribution < -0.4 is 0 Å². The van der Waals surface area contributed by atoms with Gasteiger partial charge in [-0.2, -0.15) is 0 Å². The molecule has 10 heteroatoms. The van der Waals surface area contributed by atoms with Gasteiger partial charge in [0, 0.05) is 0 Å². The van der Waals surface area contributed by atoms with Crippen LogP contribution in [-0.2, 0) is 47.4 Å². The summed E-state index contributed by atoms with van der Waals surface area (Å²) in [4.78, 5) is 0. The molecule has 3 heterocycles. The summed E-state index contributed by atoms with van der Waals surface area (Å²) in [6.45, 7) is 24.5. The minimum absolute atomic E-state index is 0.0444. The molecule has 3 saturated heterocycles. The zero-order valence-corrected chi connectivity index (χ0v) is 23.3. The van der Waals surface area contributed by atoms with E-state index in [0.29, 0.717) is 13.2 Å². The molecule has 0 aromatic carbocycles. The molecular formula is C30H44O10. The van der Waals surface area contributed by atoms with E-state index in [-0.39, 0.29) is 52.9 Å². The van der Waals surface area contributed by atoms with Crippen molar-refractivity contribution in [3.05, 3.63) is 75.9 Å². The molecule has 0 unspecified atom stereocenters. The lowest BCUT2D eigenvalue weighted by molar-refractivity contribution is -0.457. The Morgan fingerprint density at radius 3 is 1.12 bits per heavy atom. The van der Waals surface area contributed by atoms with Crippen molar-refractivity contribution >= 4 is 0 Å². The first-order valence-corrected chi connectivity index (χ1v) is 13.5. The van der Waals surface area contributed by atoms with Gasteiger partial charge in [-0.15, -0.1) is 39.5 Å². The predicted molar refractivity (Wildman–Crippen MR) is 149 cm³/mol. The molecule has 0 N–H and O–H groups in total. The topological polar surface area (TPSA) is 92.3 Å². The molecule has 0 aliphatic carbocycles. The van der Waals surface area contributed by atoms with E-state index >= 15 is 0 Å². The summed E-state index contributed by atoms with van der Waals surface area (Å²) in [6, 6.07) is 0. The molecule has 8 atom stereocenters. The van der Waals surface area contributed by atoms with E-state index < -0.39 is 48.2 Å². The predicted octanol–water partition coefficient (Wildman–Crippen LogP) is 2.91. The smallest absolute Gasteiger partial charge is 0.222 e. The van der Waals surface area contributed by atoms with Crippen molar-refractivity contribution in [3.8, 4) is 0 Å². The third-order valence-corrected chi connectivity index (χ3v) is 6.67. The van der Waals surface area contributed by atoms with Crippen LogP contribution in [0.5, 0.6) is 0 Å². The zero-order chi connectivity index (χ0) is 28.8. The minimum Gasteiger partial charge on any atom is -0.369 e. The molecule has 0 aromatic rings. The Hall–Kier alpha value is -1.96. The number of hydrogen-bond donors (Lipinski definition) is 0. The van der Waals surface area contributed by atoms with Crippen molar-refractivity contribution in [2.75, 3.05) is 66.1 Å². The maximum absolute atomic E-state index is 6.50. The lowest BCUT2D eigenvalue weighted by Gasteiger charge is -2.56. The quantitative estimate of drug-likeness (QED) is 0.232. The van der Waals surface area contributed by atoms with Gasteiger partial charge < -0.3 is 47.4 Å². The minimum atomic E-state index is -1.31. The Morgan fingerprint density at radius 2 is 0.800 bits per heavy atom. The van der Waals surface area contributed by atoms with Crippen molar-refractivity contribution in [1.82, 2.24) is 0 Å². The summed E-state index contributed by atoms with van der Waals surface area (Å²) in [5.41, 5.74) is 0. The SMILES string of the molecule is C=CCO[C@@H]1[C@H](OCC=C)CO[C@]2(CO[C@]3(CO2)OC[C@@H](OCC=C)[C@@H](OCC=C)[C@@H]3OCC=C)[C@H]1OCC=C. The lowest BCUT2D eigenvalue weighted by atomic mass is 9.92. The molecule has 0 radical (unpaired) electrons. The van der Waals surface area contributed by atoms with Gasteiger partial charge in [-0.3, -0.25) is 0 Å². The van der Waals surface area contributed by atoms with Crippen molar-refractivity contribution in [3.63, 3.8) is 0 Å². The molecule has 0 saturated carbocycles. The van der Waals surface area contributed by atoms with Gasteiger partial charge in [0.1, 0.15) is 49.8 Å². The molecule has 3 rings (SSSR count). The third kappa shape index (κ3) is 7.65. The van der Waals surface area contributed by atoms with E-state index in [1.54, 1.807) is 36.5 Å². The Labute approximate surface area is 237 Å². The maximum Gasteiger partial charge on any atom is 0.222 e. The van der Waals surface area contributed by atoms with Crippen molar-refractivity contribution in [2.45, 2.75) is 48.2 Å². The van der Waals surface area contributed by atoms with Crippen molar-refractivity contribution in [2.24, 2.45) is 0 Å². The standard InChI is InChI=1S/C30H44O10/c1-7-13-31-23-19-37-29(27(35-17-11-5)25(23)33-15-9-3)21-40-30(22-39-29)28(36-18-12-6)26(34-16-10-4)24(20-38-30)32-14-8-2/h7-12,23-28H,1-6,13-22H2/t23-,24-,25-,26-,27+,28+,29+,30+/m1/s1. The fourth-order valence-electron chi connectivity index (χ4n) is 4.92. The molecule has 0 amide bonds. The second-order valence-corrected chi connectivity index (χ2v) is 9.40. The van der Waals surface area contributed by atoms with E-state index in [1.165, 1.54) is 0 Å². The van der Waals surface area contributed by atoms with E-state index in [2.05, 4.69) is 39.5 Å². The average molecular weight is 565 g/mol. The number of ether oxygens (including phenoxy) is 10. The first-order valence-electron chi connectivity index (χ1n) is 13.5. The molecule has 10 nitrogen and oxygen atoms in total. The highest BCUT2D eigenvalue weighted by Crippen LogP contribution is 2.42. The van der Waals surface area contributed by atoms with Gasteiger partial charge in [0.25, 0.3) is 0 Å². The van der Waals surface area contributed by atoms with Gasteiger partial charge in [-0.1, -0.05) is 36.5 Å². The van der Waals surface area contributed by atoms with Crippen LogP contribution in [-0.4, -0.2) is 114 Å². The average Bonchev–Trinajstić information content (AvgIpc) is 2.98. The first-order chi connectivity index (χ1) is 19.5. The van der Waals surface area contributed by atoms with Gasteiger partial charge in [-0.25, -0.2) is 0 Å². The van der Waals surface area contributed by atoms with Crippen LogP contribution >= 0.6 is 0 Å². The summed E-state index contributed by atoms with van der Waals surface area (Å²) >= 11 is 0. The van der Waals surface area contributed by atoms with Crippen LogP contribution in [0.1, 0.15) is 0 Å². The second kappa shape index (κ2) is 16.5. The summed E-state index contributed by atoms with van der Waals surface area (Å²) in [5.74, 6) is -2.62. The zero-order valence-electron chi connectivity index (χ0n) is 23.3. The fourth-order valence-corrected chi connectivity index (χ4v) is 4.92. The Bertz CT molecular complexity index is 768. The van der Waals surface area contributed by atoms with Gasteiger partial charge in [0.15, 0.2) is 0 Å². The van der Waals surface area contributed by atoms with Crippen molar-refractivity contribution < 1.29 is 47.4 Å². The first kappa shape index (κ1) is 32.6. The summed E-state index contributed by atoms with van der Waals surface area (Å²) in [5, 5.41) is 0. The molecule has 3 aliphatic heterocycles. The normalized spacial score (nSPS) is 35.7. The van der Waals surface area contributed by atoms with Crippen LogP contribution in [0.15, 0.2) is 75.9 Å². The monoisotopic (exact) mass is 564 g/mol. The van der Waals surface area contributed by atoms with Gasteiger partial charge in [-0.05, 0) is 0 Å². The van der Waals surface area contributed by atoms with E-state index in [1.807, 2.05) is 0 Å². The van der Waals surface area contributed by atoms with E-state index in [4.69, 9.17) is 47.4 Å². The summed E-state index contributed by atoms with van der Waals surface area (Å²) < 4.78 is 62.1. The van der Waals surface area contributed by atoms with E-state index in [0.717, 1.165) is 0 Å². The molecule has 3 aliphatic rings. The molecule has 0 bridgehead atoms. The lowest BCUT2D eigenvalue weighted by Crippen LogP contribution is -2.74. The third-order valence-electron chi connectivity index (χ3n) is 6.67. The van der Waals surface area contributed by atoms with Crippen molar-refractivity contribution in [1.29, 1.82) is 0 Å². The Balaban J connectivity index is 1.87. The van der Waals surface area contributed by atoms with Gasteiger partial charge in [0.2, 0.25) is 11.6 Å². The number of rotatable bonds is 18. The summed E-state index contributed by atoms with van der Waals surface area (Å²) in [7, 11) is 0. The van der Waals surface area contributed by atoms with E-state index in [9.17, 15) is 0 Å². The molecule has 40 heavy (non-hydrogen) atoms. The van der Waals surface area contributed by atoms with Crippen LogP contribution in [0.2, 0.25) is 0 Å². The molecular weight excluding hydrogens is 520 g/mol. The molecule has 2 spiro atoms. The van der Waals surface area contributed by atoms with Crippen LogP contribution in [0.3, 0.4) is 0 Å². The highest BCUT2D eigenvalue weighted by Gasteiger charge is 2.63. The van der Waals surface area contributed by atoms with Crippen LogP contribution in [0.25, 0.3) is 0 Å². The highest BCUT2D eigenvalue weighted by molar-refractivity contribution is 5.04. The maximum atomic E-state index is 6.50. The van der Waals surface area contributed by atoms with Crippen LogP contribution in [0.4, 0.5) is 0 Å². The highest BCUT2D eigenvalue weighted by atomic mass is 16.8. The fraction of sp³-hybridized carbons (Fsp3) is 0.600. The summed E-state index contributed by atoms with van der Waals surface area (Å²) in [6.07, 6.45) is 6.52. The Morgan fingerprint density at radius 1 is 0.475 bits per heavy atom.